The Kier molecular flexibility index (Phi) is 4.24. The van der Waals surface area contributed by atoms with Gasteiger partial charge in [-0.3, -0.25) is 0 Å². The summed E-state index contributed by atoms with van der Waals surface area (Å²) >= 11 is 0. The molecule has 2 N–H and O–H groups in total. The zero-order chi connectivity index (χ0) is 14.7. The molecule has 2 rings (SSSR count). The quantitative estimate of drug-likeness (QED) is 0.900. The molecule has 1 aromatic heterocycles. The van der Waals surface area contributed by atoms with Crippen LogP contribution in [-0.2, 0) is 13.7 Å². The maximum absolute atomic E-state index is 5.96. The molecule has 108 valence electrons. The van der Waals surface area contributed by atoms with Crippen LogP contribution in [0.25, 0.3) is 0 Å². The summed E-state index contributed by atoms with van der Waals surface area (Å²) in [5.74, 6) is 3.06. The van der Waals surface area contributed by atoms with Crippen LogP contribution in [0.15, 0.2) is 18.2 Å². The summed E-state index contributed by atoms with van der Waals surface area (Å²) in [6.07, 6.45) is 0. The van der Waals surface area contributed by atoms with Crippen LogP contribution in [0, 0.1) is 6.92 Å². The van der Waals surface area contributed by atoms with Gasteiger partial charge in [0.15, 0.2) is 5.82 Å². The first-order valence-electron chi connectivity index (χ1n) is 6.44. The minimum Gasteiger partial charge on any atom is -0.497 e. The van der Waals surface area contributed by atoms with E-state index in [9.17, 15) is 0 Å². The molecule has 0 spiro atoms. The lowest BCUT2D eigenvalue weighted by Gasteiger charge is -2.15. The number of rotatable bonds is 5. The van der Waals surface area contributed by atoms with Gasteiger partial charge in [0.05, 0.1) is 7.11 Å². The van der Waals surface area contributed by atoms with E-state index in [1.807, 2.05) is 43.7 Å². The predicted molar refractivity (Wildman–Crippen MR) is 75.7 cm³/mol. The van der Waals surface area contributed by atoms with Crippen LogP contribution >= 0.6 is 0 Å². The lowest BCUT2D eigenvalue weighted by molar-refractivity contribution is 0.284. The van der Waals surface area contributed by atoms with Crippen LogP contribution in [0.2, 0.25) is 0 Å². The van der Waals surface area contributed by atoms with Gasteiger partial charge in [-0.1, -0.05) is 6.07 Å². The summed E-state index contributed by atoms with van der Waals surface area (Å²) in [7, 11) is 3.53. The van der Waals surface area contributed by atoms with Crippen molar-refractivity contribution in [1.82, 2.24) is 14.8 Å². The molecule has 1 unspecified atom stereocenters. The highest BCUT2D eigenvalue weighted by Crippen LogP contribution is 2.29. The van der Waals surface area contributed by atoms with E-state index in [2.05, 4.69) is 10.2 Å². The number of ether oxygens (including phenoxy) is 2. The average molecular weight is 276 g/mol. The molecule has 0 radical (unpaired) electrons. The Hall–Kier alpha value is -2.08. The largest absolute Gasteiger partial charge is 0.497 e. The third-order valence-electron chi connectivity index (χ3n) is 3.25. The summed E-state index contributed by atoms with van der Waals surface area (Å²) in [5, 5.41) is 8.08. The molecule has 2 aromatic rings. The normalized spacial score (nSPS) is 12.2. The molecule has 20 heavy (non-hydrogen) atoms. The number of nitrogens with two attached hydrogens (primary N) is 1. The Labute approximate surface area is 118 Å². The van der Waals surface area contributed by atoms with Crippen molar-refractivity contribution in [1.29, 1.82) is 0 Å². The lowest BCUT2D eigenvalue weighted by atomic mass is 10.1. The molecule has 0 bridgehead atoms. The molecule has 0 aliphatic heterocycles. The third kappa shape index (κ3) is 2.91. The van der Waals surface area contributed by atoms with E-state index in [1.54, 1.807) is 7.11 Å². The zero-order valence-electron chi connectivity index (χ0n) is 12.3. The van der Waals surface area contributed by atoms with Gasteiger partial charge in [0.2, 0.25) is 0 Å². The number of hydrogen-bond acceptors (Lipinski definition) is 5. The van der Waals surface area contributed by atoms with Crippen LogP contribution in [0.4, 0.5) is 0 Å². The van der Waals surface area contributed by atoms with Gasteiger partial charge >= 0.3 is 0 Å². The highest BCUT2D eigenvalue weighted by Gasteiger charge is 2.12. The van der Waals surface area contributed by atoms with Crippen molar-refractivity contribution in [3.63, 3.8) is 0 Å². The van der Waals surface area contributed by atoms with Crippen molar-refractivity contribution >= 4 is 0 Å². The molecule has 6 nitrogen and oxygen atoms in total. The summed E-state index contributed by atoms with van der Waals surface area (Å²) in [6.45, 7) is 4.15. The second-order valence-electron chi connectivity index (χ2n) is 4.70. The van der Waals surface area contributed by atoms with Crippen LogP contribution in [0.3, 0.4) is 0 Å². The first-order chi connectivity index (χ1) is 9.52. The Morgan fingerprint density at radius 2 is 2.10 bits per heavy atom. The van der Waals surface area contributed by atoms with Gasteiger partial charge in [0, 0.05) is 24.7 Å². The van der Waals surface area contributed by atoms with E-state index in [1.165, 1.54) is 0 Å². The number of aromatic nitrogens is 3. The number of methoxy groups -OCH3 is 1. The van der Waals surface area contributed by atoms with E-state index >= 15 is 0 Å². The molecular weight excluding hydrogens is 256 g/mol. The van der Waals surface area contributed by atoms with Gasteiger partial charge in [-0.15, -0.1) is 10.2 Å². The lowest BCUT2D eigenvalue weighted by Crippen LogP contribution is -2.10. The van der Waals surface area contributed by atoms with E-state index < -0.39 is 0 Å². The van der Waals surface area contributed by atoms with E-state index in [0.29, 0.717) is 12.4 Å². The smallest absolute Gasteiger partial charge is 0.170 e. The summed E-state index contributed by atoms with van der Waals surface area (Å²) < 4.78 is 12.9. The molecule has 6 heteroatoms. The molecule has 0 saturated carbocycles. The standard InChI is InChI=1S/C14H20N4O2/c1-9(15)12-6-5-11(19-4)7-13(12)20-8-14-17-16-10(2)18(14)3/h5-7,9H,8,15H2,1-4H3. The van der Waals surface area contributed by atoms with E-state index in [0.717, 1.165) is 23.0 Å². The molecule has 0 amide bonds. The van der Waals surface area contributed by atoms with E-state index in [4.69, 9.17) is 15.2 Å². The topological polar surface area (TPSA) is 75.2 Å². The average Bonchev–Trinajstić information content (AvgIpc) is 2.76. The Bertz CT molecular complexity index is 593. The predicted octanol–water partition coefficient (Wildman–Crippen LogP) is 1.73. The van der Waals surface area contributed by atoms with Gasteiger partial charge < -0.3 is 19.8 Å². The monoisotopic (exact) mass is 276 g/mol. The number of hydrogen-bond donors (Lipinski definition) is 1. The first kappa shape index (κ1) is 14.3. The molecule has 1 aromatic carbocycles. The molecule has 0 aliphatic carbocycles. The van der Waals surface area contributed by atoms with Gasteiger partial charge in [0.25, 0.3) is 0 Å². The van der Waals surface area contributed by atoms with Gasteiger partial charge in [-0.25, -0.2) is 0 Å². The van der Waals surface area contributed by atoms with Gasteiger partial charge in [0.1, 0.15) is 23.9 Å². The third-order valence-corrected chi connectivity index (χ3v) is 3.25. The second kappa shape index (κ2) is 5.92. The van der Waals surface area contributed by atoms with Crippen molar-refractivity contribution < 1.29 is 9.47 Å². The fourth-order valence-electron chi connectivity index (χ4n) is 1.86. The molecule has 1 heterocycles. The van der Waals surface area contributed by atoms with Crippen molar-refractivity contribution in [3.05, 3.63) is 35.4 Å². The van der Waals surface area contributed by atoms with Gasteiger partial charge in [-0.2, -0.15) is 0 Å². The van der Waals surface area contributed by atoms with Crippen LogP contribution < -0.4 is 15.2 Å². The minimum absolute atomic E-state index is 0.114. The number of nitrogens with zero attached hydrogens (tertiary/aromatic N) is 3. The number of aryl methyl sites for hydroxylation is 1. The highest BCUT2D eigenvalue weighted by atomic mass is 16.5. The maximum Gasteiger partial charge on any atom is 0.170 e. The van der Waals surface area contributed by atoms with Crippen molar-refractivity contribution in [2.45, 2.75) is 26.5 Å². The van der Waals surface area contributed by atoms with Crippen molar-refractivity contribution in [2.24, 2.45) is 12.8 Å². The van der Waals surface area contributed by atoms with E-state index in [-0.39, 0.29) is 6.04 Å². The SMILES string of the molecule is COc1ccc(C(C)N)c(OCc2nnc(C)n2C)c1. The molecule has 0 fully saturated rings. The highest BCUT2D eigenvalue weighted by molar-refractivity contribution is 5.42. The fraction of sp³-hybridized carbons (Fsp3) is 0.429. The maximum atomic E-state index is 5.96. The van der Waals surface area contributed by atoms with Crippen LogP contribution in [-0.4, -0.2) is 21.9 Å². The summed E-state index contributed by atoms with van der Waals surface area (Å²) in [4.78, 5) is 0. The van der Waals surface area contributed by atoms with Gasteiger partial charge in [-0.05, 0) is 19.9 Å². The second-order valence-corrected chi connectivity index (χ2v) is 4.70. The van der Waals surface area contributed by atoms with Crippen LogP contribution in [0.5, 0.6) is 11.5 Å². The van der Waals surface area contributed by atoms with Crippen molar-refractivity contribution in [3.8, 4) is 11.5 Å². The molecular formula is C14H20N4O2. The Morgan fingerprint density at radius 3 is 2.65 bits per heavy atom. The summed E-state index contributed by atoms with van der Waals surface area (Å²) in [6, 6.07) is 5.51. The molecule has 1 atom stereocenters. The zero-order valence-corrected chi connectivity index (χ0v) is 12.3. The first-order valence-corrected chi connectivity index (χ1v) is 6.44. The molecule has 0 saturated heterocycles. The van der Waals surface area contributed by atoms with Crippen molar-refractivity contribution in [2.75, 3.05) is 7.11 Å². The number of benzene rings is 1. The molecule has 0 aliphatic rings. The minimum atomic E-state index is -0.114. The Morgan fingerprint density at radius 1 is 1.35 bits per heavy atom. The summed E-state index contributed by atoms with van der Waals surface area (Å²) in [5.41, 5.74) is 6.89. The fourth-order valence-corrected chi connectivity index (χ4v) is 1.86. The van der Waals surface area contributed by atoms with Crippen LogP contribution in [0.1, 0.15) is 30.2 Å². The Balaban J connectivity index is 2.21.